The first-order valence-corrected chi connectivity index (χ1v) is 12.9. The summed E-state index contributed by atoms with van der Waals surface area (Å²) in [5.74, 6) is -3.89. The summed E-state index contributed by atoms with van der Waals surface area (Å²) in [7, 11) is 0. The number of nitrogens with one attached hydrogen (secondary N) is 1. The quantitative estimate of drug-likeness (QED) is 0.403. The van der Waals surface area contributed by atoms with E-state index in [1.165, 1.54) is 22.6 Å². The molecule has 2 aliphatic rings. The second kappa shape index (κ2) is 11.3. The Kier molecular flexibility index (Phi) is 7.67. The van der Waals surface area contributed by atoms with Crippen LogP contribution in [0.25, 0.3) is 0 Å². The molecule has 2 amide bonds. The monoisotopic (exact) mass is 559 g/mol. The van der Waals surface area contributed by atoms with Gasteiger partial charge in [0.1, 0.15) is 17.5 Å². The molecule has 0 spiro atoms. The normalized spacial score (nSPS) is 20.4. The van der Waals surface area contributed by atoms with Gasteiger partial charge in [0.15, 0.2) is 17.7 Å². The van der Waals surface area contributed by atoms with E-state index < -0.39 is 65.1 Å². The lowest BCUT2D eigenvalue weighted by Gasteiger charge is -2.35. The first kappa shape index (κ1) is 27.7. The zero-order chi connectivity index (χ0) is 29.3. The molecule has 0 aliphatic carbocycles. The summed E-state index contributed by atoms with van der Waals surface area (Å²) in [6.07, 6.45) is 2.02. The Balaban J connectivity index is 1.49. The Bertz CT molecular complexity index is 1630. The van der Waals surface area contributed by atoms with Crippen LogP contribution < -0.4 is 10.7 Å². The zero-order valence-corrected chi connectivity index (χ0v) is 22.1. The number of amides is 2. The molecule has 1 aromatic heterocycles. The number of halogens is 2. The number of rotatable bonds is 7. The summed E-state index contributed by atoms with van der Waals surface area (Å²) in [5, 5.41) is 13.3. The Labute approximate surface area is 234 Å². The molecule has 3 heterocycles. The van der Waals surface area contributed by atoms with Crippen LogP contribution in [0.3, 0.4) is 0 Å². The Morgan fingerprint density at radius 1 is 1.07 bits per heavy atom. The maximum atomic E-state index is 13.9. The molecule has 2 aliphatic heterocycles. The van der Waals surface area contributed by atoms with Gasteiger partial charge in [-0.3, -0.25) is 19.3 Å². The molecule has 0 unspecified atom stereocenters. The van der Waals surface area contributed by atoms with Gasteiger partial charge in [-0.1, -0.05) is 73.3 Å². The number of benzene rings is 2. The second-order valence-electron chi connectivity index (χ2n) is 9.74. The zero-order valence-electron chi connectivity index (χ0n) is 22.1. The van der Waals surface area contributed by atoms with E-state index in [9.17, 15) is 28.3 Å². The summed E-state index contributed by atoms with van der Waals surface area (Å²) in [4.78, 5) is 41.4. The van der Waals surface area contributed by atoms with Gasteiger partial charge < -0.3 is 19.7 Å². The van der Waals surface area contributed by atoms with E-state index >= 15 is 0 Å². The van der Waals surface area contributed by atoms with Crippen LogP contribution in [0.5, 0.6) is 5.75 Å². The lowest BCUT2D eigenvalue weighted by molar-refractivity contribution is -0.0154. The Morgan fingerprint density at radius 3 is 2.32 bits per heavy atom. The fraction of sp³-hybridized carbons (Fsp3) is 0.194. The molecule has 2 aromatic carbocycles. The van der Waals surface area contributed by atoms with Crippen LogP contribution in [-0.2, 0) is 11.3 Å². The van der Waals surface area contributed by atoms with E-state index in [2.05, 4.69) is 11.9 Å². The smallest absolute Gasteiger partial charge is 0.277 e. The topological polar surface area (TPSA) is 101 Å². The van der Waals surface area contributed by atoms with Gasteiger partial charge in [0.2, 0.25) is 5.43 Å². The molecular formula is C31H27F2N3O5. The molecule has 3 aromatic rings. The average molecular weight is 560 g/mol. The van der Waals surface area contributed by atoms with Crippen molar-refractivity contribution in [2.75, 3.05) is 6.54 Å². The van der Waals surface area contributed by atoms with E-state index in [-0.39, 0.29) is 17.8 Å². The third kappa shape index (κ3) is 5.33. The molecule has 41 heavy (non-hydrogen) atoms. The van der Waals surface area contributed by atoms with Gasteiger partial charge >= 0.3 is 0 Å². The number of nitrogens with zero attached hydrogens (tertiary/aromatic N) is 2. The van der Waals surface area contributed by atoms with Gasteiger partial charge in [-0.05, 0) is 24.1 Å². The molecule has 3 atom stereocenters. The highest BCUT2D eigenvalue weighted by Gasteiger charge is 2.50. The van der Waals surface area contributed by atoms with E-state index in [1.807, 2.05) is 60.7 Å². The fourth-order valence-corrected chi connectivity index (χ4v) is 5.11. The highest BCUT2D eigenvalue weighted by Crippen LogP contribution is 2.47. The molecule has 10 heteroatoms. The first-order chi connectivity index (χ1) is 19.7. The molecule has 2 N–H and O–H groups in total. The summed E-state index contributed by atoms with van der Waals surface area (Å²) in [5.41, 5.74) is -0.211. The standard InChI is InChI=1S/C31H27F2N3O5/c1-18(32)13-14-22(19(2)33)15-34-30(39)23-16-35-17-24-36(31(40)26(35)28(38)27(23)37)25(20-9-5-3-6-10-20)29(41-24)21-11-7-4-8-12-21/h3-14,16,24-25,29,38H,2,15,17H2,1H3,(H,34,39)/b18-13+,22-14-/t24-,25-,29+/m1/s1. The fourth-order valence-electron chi connectivity index (χ4n) is 5.11. The number of ether oxygens (including phenoxy) is 1. The lowest BCUT2D eigenvalue weighted by atomic mass is 9.94. The molecule has 0 radical (unpaired) electrons. The average Bonchev–Trinajstić information content (AvgIpc) is 3.35. The Hall–Kier alpha value is -4.83. The van der Waals surface area contributed by atoms with Gasteiger partial charge in [0.05, 0.1) is 18.4 Å². The highest BCUT2D eigenvalue weighted by molar-refractivity contribution is 5.99. The lowest BCUT2D eigenvalue weighted by Crippen LogP contribution is -2.47. The van der Waals surface area contributed by atoms with Gasteiger partial charge in [-0.25, -0.2) is 8.78 Å². The Morgan fingerprint density at radius 2 is 1.71 bits per heavy atom. The summed E-state index contributed by atoms with van der Waals surface area (Å²) in [6.45, 7) is 3.98. The van der Waals surface area contributed by atoms with Crippen LogP contribution in [-0.4, -0.2) is 39.2 Å². The van der Waals surface area contributed by atoms with Crippen LogP contribution in [0, 0.1) is 0 Å². The molecule has 5 rings (SSSR count). The minimum Gasteiger partial charge on any atom is -0.503 e. The number of hydrogen-bond donors (Lipinski definition) is 2. The number of pyridine rings is 1. The van der Waals surface area contributed by atoms with E-state index in [0.717, 1.165) is 23.3 Å². The van der Waals surface area contributed by atoms with Crippen molar-refractivity contribution in [3.63, 3.8) is 0 Å². The second-order valence-corrected chi connectivity index (χ2v) is 9.74. The minimum absolute atomic E-state index is 0.0366. The van der Waals surface area contributed by atoms with Crippen molar-refractivity contribution in [2.45, 2.75) is 31.8 Å². The van der Waals surface area contributed by atoms with Crippen LogP contribution in [0.15, 0.2) is 108 Å². The predicted octanol–water partition coefficient (Wildman–Crippen LogP) is 4.86. The van der Waals surface area contributed by atoms with Gasteiger partial charge in [0.25, 0.3) is 11.8 Å². The van der Waals surface area contributed by atoms with E-state index in [0.29, 0.717) is 0 Å². The molecule has 1 saturated heterocycles. The summed E-state index contributed by atoms with van der Waals surface area (Å²) in [6, 6.07) is 18.2. The van der Waals surface area contributed by atoms with Crippen LogP contribution >= 0.6 is 0 Å². The van der Waals surface area contributed by atoms with Crippen molar-refractivity contribution in [1.82, 2.24) is 14.8 Å². The van der Waals surface area contributed by atoms with Crippen molar-refractivity contribution in [2.24, 2.45) is 0 Å². The van der Waals surface area contributed by atoms with Gasteiger partial charge in [-0.15, -0.1) is 0 Å². The molecular weight excluding hydrogens is 532 g/mol. The van der Waals surface area contributed by atoms with E-state index in [4.69, 9.17) is 4.74 Å². The summed E-state index contributed by atoms with van der Waals surface area (Å²) < 4.78 is 34.6. The number of hydrogen-bond acceptors (Lipinski definition) is 5. The third-order valence-electron chi connectivity index (χ3n) is 7.06. The van der Waals surface area contributed by atoms with Crippen molar-refractivity contribution in [3.05, 3.63) is 135 Å². The number of carbonyl (C=O) groups is 2. The van der Waals surface area contributed by atoms with Crippen molar-refractivity contribution in [1.29, 1.82) is 0 Å². The summed E-state index contributed by atoms with van der Waals surface area (Å²) >= 11 is 0. The number of aromatic hydroxyl groups is 1. The van der Waals surface area contributed by atoms with Crippen LogP contribution in [0.2, 0.25) is 0 Å². The van der Waals surface area contributed by atoms with Crippen molar-refractivity contribution >= 4 is 11.8 Å². The number of carbonyl (C=O) groups excluding carboxylic acids is 2. The predicted molar refractivity (Wildman–Crippen MR) is 147 cm³/mol. The molecule has 8 nitrogen and oxygen atoms in total. The molecule has 0 bridgehead atoms. The molecule has 1 fully saturated rings. The maximum Gasteiger partial charge on any atom is 0.277 e. The minimum atomic E-state index is -1.05. The highest BCUT2D eigenvalue weighted by atomic mass is 19.1. The van der Waals surface area contributed by atoms with Crippen molar-refractivity contribution < 1.29 is 28.2 Å². The van der Waals surface area contributed by atoms with E-state index in [1.54, 1.807) is 0 Å². The van der Waals surface area contributed by atoms with Crippen LogP contribution in [0.4, 0.5) is 8.78 Å². The number of aromatic nitrogens is 1. The first-order valence-electron chi connectivity index (χ1n) is 12.9. The largest absolute Gasteiger partial charge is 0.503 e. The van der Waals surface area contributed by atoms with Gasteiger partial charge in [0, 0.05) is 18.3 Å². The third-order valence-corrected chi connectivity index (χ3v) is 7.06. The number of allylic oxidation sites excluding steroid dienone is 3. The van der Waals surface area contributed by atoms with Gasteiger partial charge in [-0.2, -0.15) is 0 Å². The maximum absolute atomic E-state index is 13.9. The molecule has 0 saturated carbocycles. The van der Waals surface area contributed by atoms with Crippen LogP contribution in [0.1, 0.15) is 51.0 Å². The van der Waals surface area contributed by atoms with Crippen molar-refractivity contribution in [3.8, 4) is 5.75 Å². The SMILES string of the molecule is C=C(F)/C(=C\C=C(/C)F)CNC(=O)c1cn2c(c(O)c1=O)C(=O)N1[C@H](c3ccccc3)[C@H](c3ccccc3)O[C@@H]1C2. The number of fused-ring (bicyclic) bond motifs is 2. The molecule has 210 valence electrons.